The van der Waals surface area contributed by atoms with Crippen LogP contribution < -0.4 is 4.74 Å². The summed E-state index contributed by atoms with van der Waals surface area (Å²) in [4.78, 5) is 32.3. The average molecular weight is 475 g/mol. The van der Waals surface area contributed by atoms with Gasteiger partial charge in [0.1, 0.15) is 11.3 Å². The summed E-state index contributed by atoms with van der Waals surface area (Å²) in [5.41, 5.74) is 1.78. The van der Waals surface area contributed by atoms with E-state index in [1.807, 2.05) is 18.2 Å². The molecule has 0 saturated carbocycles. The number of aliphatic hydroxyl groups excluding tert-OH is 1. The molecule has 2 aromatic heterocycles. The van der Waals surface area contributed by atoms with Gasteiger partial charge in [0.2, 0.25) is 5.78 Å². The summed E-state index contributed by atoms with van der Waals surface area (Å²) in [5, 5.41) is 12.0. The number of carbonyl (C=O) groups is 2. The van der Waals surface area contributed by atoms with Crippen LogP contribution in [-0.4, -0.2) is 33.8 Å². The van der Waals surface area contributed by atoms with E-state index in [9.17, 15) is 14.7 Å². The normalized spacial score (nSPS) is 15.9. The van der Waals surface area contributed by atoms with E-state index in [-0.39, 0.29) is 17.9 Å². The Bertz CT molecular complexity index is 1440. The Morgan fingerprint density at radius 2 is 1.91 bits per heavy atom. The van der Waals surface area contributed by atoms with Crippen LogP contribution in [0.2, 0.25) is 5.02 Å². The van der Waals surface area contributed by atoms with Crippen molar-refractivity contribution < 1.29 is 23.8 Å². The maximum absolute atomic E-state index is 13.6. The third-order valence-corrected chi connectivity index (χ3v) is 6.04. The Kier molecular flexibility index (Phi) is 5.55. The zero-order valence-electron chi connectivity index (χ0n) is 18.1. The maximum atomic E-state index is 13.6. The predicted octanol–water partition coefficient (Wildman–Crippen LogP) is 5.27. The minimum Gasteiger partial charge on any atom is -0.503 e. The van der Waals surface area contributed by atoms with Crippen molar-refractivity contribution in [2.45, 2.75) is 12.6 Å². The van der Waals surface area contributed by atoms with Crippen molar-refractivity contribution in [3.05, 3.63) is 106 Å². The molecule has 1 aliphatic heterocycles. The number of furan rings is 1. The maximum Gasteiger partial charge on any atom is 0.290 e. The SMILES string of the molecule is COc1ccccc1CN1C(=O)C(O)=C(C(=O)c2cc3cc(Cl)ccc3o2)C1c1ccncc1. The number of hydrogen-bond donors (Lipinski definition) is 1. The van der Waals surface area contributed by atoms with Gasteiger partial charge in [0.15, 0.2) is 11.5 Å². The van der Waals surface area contributed by atoms with E-state index in [2.05, 4.69) is 4.98 Å². The number of Topliss-reactive ketones (excluding diaryl/α,β-unsaturated/α-hetero) is 1. The number of benzene rings is 2. The van der Waals surface area contributed by atoms with Crippen molar-refractivity contribution >= 4 is 34.3 Å². The minimum atomic E-state index is -0.843. The molecule has 0 saturated heterocycles. The molecule has 170 valence electrons. The van der Waals surface area contributed by atoms with Crippen LogP contribution in [0.25, 0.3) is 11.0 Å². The van der Waals surface area contributed by atoms with Crippen molar-refractivity contribution in [1.29, 1.82) is 0 Å². The van der Waals surface area contributed by atoms with Gasteiger partial charge in [0.25, 0.3) is 5.91 Å². The van der Waals surface area contributed by atoms with E-state index in [0.717, 1.165) is 5.56 Å². The summed E-state index contributed by atoms with van der Waals surface area (Å²) in [6.07, 6.45) is 3.14. The molecule has 0 bridgehead atoms. The number of hydrogen-bond acceptors (Lipinski definition) is 6. The van der Waals surface area contributed by atoms with Crippen molar-refractivity contribution in [1.82, 2.24) is 9.88 Å². The number of nitrogens with zero attached hydrogens (tertiary/aromatic N) is 2. The Labute approximate surface area is 199 Å². The summed E-state index contributed by atoms with van der Waals surface area (Å²) >= 11 is 6.06. The molecule has 8 heteroatoms. The van der Waals surface area contributed by atoms with Crippen LogP contribution in [0, 0.1) is 0 Å². The molecule has 1 unspecified atom stereocenters. The van der Waals surface area contributed by atoms with Crippen LogP contribution >= 0.6 is 11.6 Å². The smallest absolute Gasteiger partial charge is 0.290 e. The number of carbonyl (C=O) groups excluding carboxylic acids is 2. The van der Waals surface area contributed by atoms with Gasteiger partial charge in [-0.05, 0) is 48.0 Å². The third-order valence-electron chi connectivity index (χ3n) is 5.81. The first-order valence-corrected chi connectivity index (χ1v) is 10.9. The number of ketones is 1. The zero-order valence-corrected chi connectivity index (χ0v) is 18.8. The fraction of sp³-hybridized carbons (Fsp3) is 0.115. The predicted molar refractivity (Wildman–Crippen MR) is 126 cm³/mol. The third kappa shape index (κ3) is 3.70. The molecule has 3 heterocycles. The molecular weight excluding hydrogens is 456 g/mol. The zero-order chi connectivity index (χ0) is 23.8. The van der Waals surface area contributed by atoms with Gasteiger partial charge in [-0.25, -0.2) is 0 Å². The lowest BCUT2D eigenvalue weighted by Crippen LogP contribution is -2.30. The number of fused-ring (bicyclic) bond motifs is 1. The number of aliphatic hydroxyl groups is 1. The van der Waals surface area contributed by atoms with Crippen molar-refractivity contribution in [3.8, 4) is 5.75 Å². The van der Waals surface area contributed by atoms with Gasteiger partial charge in [-0.1, -0.05) is 29.8 Å². The summed E-state index contributed by atoms with van der Waals surface area (Å²) in [6.45, 7) is 0.117. The van der Waals surface area contributed by atoms with Gasteiger partial charge < -0.3 is 19.2 Å². The second kappa shape index (κ2) is 8.68. The van der Waals surface area contributed by atoms with Crippen LogP contribution in [0.3, 0.4) is 0 Å². The van der Waals surface area contributed by atoms with E-state index in [0.29, 0.717) is 27.3 Å². The molecule has 7 nitrogen and oxygen atoms in total. The topological polar surface area (TPSA) is 92.9 Å². The molecule has 1 aliphatic rings. The van der Waals surface area contributed by atoms with Crippen molar-refractivity contribution in [2.75, 3.05) is 7.11 Å². The van der Waals surface area contributed by atoms with Crippen LogP contribution in [-0.2, 0) is 11.3 Å². The molecule has 1 amide bonds. The minimum absolute atomic E-state index is 0.00446. The van der Waals surface area contributed by atoms with Crippen LogP contribution in [0.1, 0.15) is 27.7 Å². The highest BCUT2D eigenvalue weighted by Crippen LogP contribution is 2.41. The van der Waals surface area contributed by atoms with Gasteiger partial charge in [-0.2, -0.15) is 0 Å². The van der Waals surface area contributed by atoms with Crippen LogP contribution in [0.5, 0.6) is 5.75 Å². The Balaban J connectivity index is 1.59. The second-order valence-electron chi connectivity index (χ2n) is 7.81. The largest absolute Gasteiger partial charge is 0.503 e. The molecule has 1 N–H and O–H groups in total. The number of amides is 1. The van der Waals surface area contributed by atoms with Gasteiger partial charge in [-0.3, -0.25) is 14.6 Å². The highest BCUT2D eigenvalue weighted by Gasteiger charge is 2.44. The molecule has 1 atom stereocenters. The first kappa shape index (κ1) is 21.7. The number of para-hydroxylation sites is 1. The van der Waals surface area contributed by atoms with Gasteiger partial charge >= 0.3 is 0 Å². The standard InChI is InChI=1S/C26H19ClN2O5/c1-33-19-5-3-2-4-16(19)14-29-23(15-8-10-28-11-9-15)22(25(31)26(29)32)24(30)21-13-17-12-18(27)6-7-20(17)34-21/h2-13,23,31H,14H2,1H3. The monoisotopic (exact) mass is 474 g/mol. The summed E-state index contributed by atoms with van der Waals surface area (Å²) in [7, 11) is 1.55. The average Bonchev–Trinajstić information content (AvgIpc) is 3.38. The van der Waals surface area contributed by atoms with E-state index in [1.54, 1.807) is 62.0 Å². The second-order valence-corrected chi connectivity index (χ2v) is 8.25. The first-order chi connectivity index (χ1) is 16.5. The quantitative estimate of drug-likeness (QED) is 0.383. The number of pyridine rings is 1. The number of rotatable bonds is 6. The van der Waals surface area contributed by atoms with Crippen LogP contribution in [0.15, 0.2) is 88.8 Å². The fourth-order valence-electron chi connectivity index (χ4n) is 4.22. The lowest BCUT2D eigenvalue weighted by Gasteiger charge is -2.27. The van der Waals surface area contributed by atoms with Crippen molar-refractivity contribution in [2.24, 2.45) is 0 Å². The molecule has 4 aromatic rings. The Morgan fingerprint density at radius 1 is 1.15 bits per heavy atom. The molecule has 0 fully saturated rings. The summed E-state index contributed by atoms with van der Waals surface area (Å²) < 4.78 is 11.2. The molecular formula is C26H19ClN2O5. The molecule has 0 aliphatic carbocycles. The number of aromatic nitrogens is 1. The van der Waals surface area contributed by atoms with E-state index >= 15 is 0 Å². The molecule has 0 radical (unpaired) electrons. The number of methoxy groups -OCH3 is 1. The van der Waals surface area contributed by atoms with Gasteiger partial charge in [-0.15, -0.1) is 0 Å². The summed E-state index contributed by atoms with van der Waals surface area (Å²) in [6, 6.07) is 16.4. The number of ether oxygens (including phenoxy) is 1. The summed E-state index contributed by atoms with van der Waals surface area (Å²) in [5.74, 6) is -1.25. The first-order valence-electron chi connectivity index (χ1n) is 10.5. The lowest BCUT2D eigenvalue weighted by atomic mass is 9.95. The Morgan fingerprint density at radius 3 is 2.68 bits per heavy atom. The van der Waals surface area contributed by atoms with E-state index in [1.165, 1.54) is 4.90 Å². The van der Waals surface area contributed by atoms with E-state index in [4.69, 9.17) is 20.8 Å². The van der Waals surface area contributed by atoms with Gasteiger partial charge in [0.05, 0.1) is 25.3 Å². The van der Waals surface area contributed by atoms with Crippen LogP contribution in [0.4, 0.5) is 0 Å². The molecule has 0 spiro atoms. The van der Waals surface area contributed by atoms with E-state index < -0.39 is 23.5 Å². The highest BCUT2D eigenvalue weighted by molar-refractivity contribution is 6.31. The highest BCUT2D eigenvalue weighted by atomic mass is 35.5. The lowest BCUT2D eigenvalue weighted by molar-refractivity contribution is -0.130. The number of halogens is 1. The fourth-order valence-corrected chi connectivity index (χ4v) is 4.40. The van der Waals surface area contributed by atoms with Crippen molar-refractivity contribution in [3.63, 3.8) is 0 Å². The van der Waals surface area contributed by atoms with Gasteiger partial charge in [0, 0.05) is 28.4 Å². The molecule has 5 rings (SSSR count). The Hall–Kier alpha value is -4.10. The molecule has 34 heavy (non-hydrogen) atoms. The molecule has 2 aromatic carbocycles.